The highest BCUT2D eigenvalue weighted by atomic mass is 35.5. The van der Waals surface area contributed by atoms with Crippen molar-refractivity contribution in [1.29, 1.82) is 0 Å². The van der Waals surface area contributed by atoms with Gasteiger partial charge in [0.15, 0.2) is 0 Å². The van der Waals surface area contributed by atoms with Crippen LogP contribution in [0.25, 0.3) is 0 Å². The van der Waals surface area contributed by atoms with Gasteiger partial charge in [-0.3, -0.25) is 4.79 Å². The van der Waals surface area contributed by atoms with Crippen molar-refractivity contribution in [2.75, 3.05) is 19.0 Å². The van der Waals surface area contributed by atoms with Crippen LogP contribution in [0.4, 0.5) is 0 Å². The molecule has 0 radical (unpaired) electrons. The minimum absolute atomic E-state index is 0.115. The van der Waals surface area contributed by atoms with Gasteiger partial charge >= 0.3 is 0 Å². The minimum Gasteiger partial charge on any atom is -0.372 e. The summed E-state index contributed by atoms with van der Waals surface area (Å²) in [6.45, 7) is 9.08. The van der Waals surface area contributed by atoms with E-state index in [1.165, 1.54) is 0 Å². The number of hydrogen-bond donors (Lipinski definition) is 0. The van der Waals surface area contributed by atoms with E-state index < -0.39 is 5.41 Å². The van der Waals surface area contributed by atoms with Crippen LogP contribution in [0.1, 0.15) is 27.7 Å². The zero-order valence-electron chi connectivity index (χ0n) is 9.92. The molecular formula is C11H20ClNO2. The largest absolute Gasteiger partial charge is 0.372 e. The van der Waals surface area contributed by atoms with Crippen molar-refractivity contribution >= 4 is 17.5 Å². The zero-order valence-corrected chi connectivity index (χ0v) is 10.7. The first-order valence-electron chi connectivity index (χ1n) is 5.37. The second-order valence-electron chi connectivity index (χ2n) is 4.98. The number of amides is 1. The number of morpholine rings is 1. The van der Waals surface area contributed by atoms with Gasteiger partial charge in [0.05, 0.1) is 17.6 Å². The van der Waals surface area contributed by atoms with Gasteiger partial charge in [0.2, 0.25) is 5.91 Å². The summed E-state index contributed by atoms with van der Waals surface area (Å²) < 4.78 is 5.59. The van der Waals surface area contributed by atoms with E-state index in [1.807, 2.05) is 32.6 Å². The lowest BCUT2D eigenvalue weighted by molar-refractivity contribution is -0.151. The van der Waals surface area contributed by atoms with Crippen LogP contribution < -0.4 is 0 Å². The number of ether oxygens (including phenoxy) is 1. The normalized spacial score (nSPS) is 27.9. The first-order chi connectivity index (χ1) is 6.86. The molecule has 3 nitrogen and oxygen atoms in total. The van der Waals surface area contributed by atoms with E-state index in [2.05, 4.69) is 0 Å². The Kier molecular flexibility index (Phi) is 4.01. The molecule has 0 N–H and O–H groups in total. The fourth-order valence-electron chi connectivity index (χ4n) is 1.83. The molecule has 0 aromatic heterocycles. The van der Waals surface area contributed by atoms with E-state index in [0.717, 1.165) is 0 Å². The summed E-state index contributed by atoms with van der Waals surface area (Å²) in [5.41, 5.74) is -0.474. The maximum Gasteiger partial charge on any atom is 0.229 e. The van der Waals surface area contributed by atoms with Crippen molar-refractivity contribution in [3.63, 3.8) is 0 Å². The SMILES string of the molecule is C[C@@H]1CN(C(=O)C(C)(C)CCl)C[C@H](C)O1. The van der Waals surface area contributed by atoms with Crippen molar-refractivity contribution in [3.8, 4) is 0 Å². The van der Waals surface area contributed by atoms with Crippen molar-refractivity contribution < 1.29 is 9.53 Å². The quantitative estimate of drug-likeness (QED) is 0.682. The van der Waals surface area contributed by atoms with Gasteiger partial charge in [0.25, 0.3) is 0 Å². The number of carbonyl (C=O) groups is 1. The second-order valence-corrected chi connectivity index (χ2v) is 5.25. The average Bonchev–Trinajstić information content (AvgIpc) is 2.15. The molecule has 0 aromatic rings. The monoisotopic (exact) mass is 233 g/mol. The van der Waals surface area contributed by atoms with Gasteiger partial charge in [0.1, 0.15) is 0 Å². The molecule has 0 bridgehead atoms. The zero-order chi connectivity index (χ0) is 11.6. The van der Waals surface area contributed by atoms with Gasteiger partial charge in [-0.2, -0.15) is 0 Å². The fourth-order valence-corrected chi connectivity index (χ4v) is 1.94. The van der Waals surface area contributed by atoms with E-state index in [4.69, 9.17) is 16.3 Å². The van der Waals surface area contributed by atoms with Crippen LogP contribution in [0, 0.1) is 5.41 Å². The highest BCUT2D eigenvalue weighted by Gasteiger charge is 2.34. The molecule has 1 fully saturated rings. The predicted molar refractivity (Wildman–Crippen MR) is 61.1 cm³/mol. The van der Waals surface area contributed by atoms with Gasteiger partial charge in [-0.1, -0.05) is 0 Å². The third-order valence-electron chi connectivity index (χ3n) is 2.62. The smallest absolute Gasteiger partial charge is 0.229 e. The number of nitrogens with zero attached hydrogens (tertiary/aromatic N) is 1. The Bertz CT molecular complexity index is 233. The molecule has 0 aromatic carbocycles. The number of hydrogen-bond acceptors (Lipinski definition) is 2. The van der Waals surface area contributed by atoms with E-state index in [1.54, 1.807) is 0 Å². The molecule has 1 aliphatic rings. The topological polar surface area (TPSA) is 29.5 Å². The van der Waals surface area contributed by atoms with E-state index >= 15 is 0 Å². The fraction of sp³-hybridized carbons (Fsp3) is 0.909. The lowest BCUT2D eigenvalue weighted by Gasteiger charge is -2.38. The third-order valence-corrected chi connectivity index (χ3v) is 3.29. The minimum atomic E-state index is -0.474. The Hall–Kier alpha value is -0.280. The van der Waals surface area contributed by atoms with Crippen LogP contribution in [-0.4, -0.2) is 42.0 Å². The number of alkyl halides is 1. The summed E-state index contributed by atoms with van der Waals surface area (Å²) in [7, 11) is 0. The molecule has 0 saturated carbocycles. The van der Waals surface area contributed by atoms with E-state index in [0.29, 0.717) is 19.0 Å². The molecule has 4 heteroatoms. The Morgan fingerprint density at radius 3 is 2.27 bits per heavy atom. The summed E-state index contributed by atoms with van der Waals surface area (Å²) in [4.78, 5) is 14.0. The molecular weight excluding hydrogens is 214 g/mol. The first kappa shape index (κ1) is 12.8. The molecule has 15 heavy (non-hydrogen) atoms. The Balaban J connectivity index is 2.67. The third kappa shape index (κ3) is 3.08. The molecule has 1 aliphatic heterocycles. The number of rotatable bonds is 2. The van der Waals surface area contributed by atoms with Crippen LogP contribution in [0.2, 0.25) is 0 Å². The second kappa shape index (κ2) is 4.71. The lowest BCUT2D eigenvalue weighted by Crippen LogP contribution is -2.52. The predicted octanol–water partition coefficient (Wildman–Crippen LogP) is 1.89. The maximum atomic E-state index is 12.1. The van der Waals surface area contributed by atoms with Gasteiger partial charge in [-0.25, -0.2) is 0 Å². The molecule has 2 atom stereocenters. The van der Waals surface area contributed by atoms with E-state index in [9.17, 15) is 4.79 Å². The molecule has 0 aliphatic carbocycles. The van der Waals surface area contributed by atoms with Gasteiger partial charge in [-0.05, 0) is 27.7 Å². The number of halogens is 1. The summed E-state index contributed by atoms with van der Waals surface area (Å²) in [5, 5.41) is 0. The Morgan fingerprint density at radius 2 is 1.87 bits per heavy atom. The van der Waals surface area contributed by atoms with Crippen molar-refractivity contribution in [3.05, 3.63) is 0 Å². The molecule has 0 unspecified atom stereocenters. The standard InChI is InChI=1S/C11H20ClNO2/c1-8-5-13(6-9(2)15-8)10(14)11(3,4)7-12/h8-9H,5-7H2,1-4H3/t8-,9+. The average molecular weight is 234 g/mol. The highest BCUT2D eigenvalue weighted by molar-refractivity contribution is 6.19. The maximum absolute atomic E-state index is 12.1. The molecule has 88 valence electrons. The van der Waals surface area contributed by atoms with Gasteiger partial charge in [0, 0.05) is 19.0 Å². The Labute approximate surface area is 96.7 Å². The molecule has 1 heterocycles. The van der Waals surface area contributed by atoms with Crippen molar-refractivity contribution in [2.24, 2.45) is 5.41 Å². The lowest BCUT2D eigenvalue weighted by atomic mass is 9.93. The Morgan fingerprint density at radius 1 is 1.40 bits per heavy atom. The van der Waals surface area contributed by atoms with Crippen LogP contribution >= 0.6 is 11.6 Å². The van der Waals surface area contributed by atoms with Crippen LogP contribution in [0.5, 0.6) is 0 Å². The van der Waals surface area contributed by atoms with Crippen LogP contribution in [0.3, 0.4) is 0 Å². The molecule has 1 rings (SSSR count). The van der Waals surface area contributed by atoms with Crippen molar-refractivity contribution in [1.82, 2.24) is 4.90 Å². The van der Waals surface area contributed by atoms with Crippen LogP contribution in [-0.2, 0) is 9.53 Å². The first-order valence-corrected chi connectivity index (χ1v) is 5.91. The van der Waals surface area contributed by atoms with Crippen LogP contribution in [0.15, 0.2) is 0 Å². The summed E-state index contributed by atoms with van der Waals surface area (Å²) >= 11 is 5.80. The molecule has 1 saturated heterocycles. The van der Waals surface area contributed by atoms with E-state index in [-0.39, 0.29) is 18.1 Å². The number of carbonyl (C=O) groups excluding carboxylic acids is 1. The molecule has 0 spiro atoms. The summed E-state index contributed by atoms with van der Waals surface area (Å²) in [5.74, 6) is 0.478. The van der Waals surface area contributed by atoms with Gasteiger partial charge < -0.3 is 9.64 Å². The van der Waals surface area contributed by atoms with Crippen molar-refractivity contribution in [2.45, 2.75) is 39.9 Å². The highest BCUT2D eigenvalue weighted by Crippen LogP contribution is 2.23. The summed E-state index contributed by atoms with van der Waals surface area (Å²) in [6, 6.07) is 0. The molecule has 1 amide bonds. The summed E-state index contributed by atoms with van der Waals surface area (Å²) in [6.07, 6.45) is 0.229. The van der Waals surface area contributed by atoms with Gasteiger partial charge in [-0.15, -0.1) is 11.6 Å².